The lowest BCUT2D eigenvalue weighted by atomic mass is 10.0. The van der Waals surface area contributed by atoms with Crippen LogP contribution in [0.25, 0.3) is 11.2 Å². The van der Waals surface area contributed by atoms with Crippen LogP contribution in [0.5, 0.6) is 0 Å². The minimum Gasteiger partial charge on any atom is -0.394 e. The van der Waals surface area contributed by atoms with E-state index in [2.05, 4.69) is 19.9 Å². The number of ether oxygens (including phenoxy) is 1. The summed E-state index contributed by atoms with van der Waals surface area (Å²) in [5.41, 5.74) is 2.90. The molecule has 33 heavy (non-hydrogen) atoms. The number of aliphatic hydroxyl groups excluding tert-OH is 3. The van der Waals surface area contributed by atoms with E-state index < -0.39 is 41.2 Å². The van der Waals surface area contributed by atoms with Crippen molar-refractivity contribution in [2.24, 2.45) is 5.14 Å². The molecule has 0 spiro atoms. The van der Waals surface area contributed by atoms with Crippen LogP contribution in [0, 0.1) is 0 Å². The van der Waals surface area contributed by atoms with Gasteiger partial charge in [0.25, 0.3) is 0 Å². The third-order valence-corrected chi connectivity index (χ3v) is 7.15. The van der Waals surface area contributed by atoms with Crippen LogP contribution in [0.3, 0.4) is 0 Å². The molecule has 4 heterocycles. The number of hydrogen-bond donors (Lipinski definition) is 4. The number of aromatic nitrogens is 4. The second-order valence-electron chi connectivity index (χ2n) is 8.21. The van der Waals surface area contributed by atoms with Gasteiger partial charge in [-0.15, -0.1) is 0 Å². The van der Waals surface area contributed by atoms with Crippen molar-refractivity contribution in [2.45, 2.75) is 42.3 Å². The second-order valence-corrected chi connectivity index (χ2v) is 9.77. The van der Waals surface area contributed by atoms with E-state index in [0.717, 1.165) is 11.1 Å². The van der Waals surface area contributed by atoms with Crippen LogP contribution in [-0.2, 0) is 27.6 Å². The molecule has 0 unspecified atom stereocenters. The zero-order chi connectivity index (χ0) is 23.3. The van der Waals surface area contributed by atoms with Crippen LogP contribution in [0.2, 0.25) is 0 Å². The molecule has 0 radical (unpaired) electrons. The van der Waals surface area contributed by atoms with Crippen molar-refractivity contribution in [1.29, 1.82) is 0 Å². The van der Waals surface area contributed by atoms with Crippen LogP contribution in [0.4, 0.5) is 5.82 Å². The van der Waals surface area contributed by atoms with Gasteiger partial charge in [0.15, 0.2) is 23.2 Å². The molecule has 2 aliphatic rings. The third kappa shape index (κ3) is 3.86. The molecule has 3 aromatic rings. The van der Waals surface area contributed by atoms with Gasteiger partial charge in [0.1, 0.15) is 24.6 Å². The fourth-order valence-electron chi connectivity index (χ4n) is 4.46. The number of aliphatic hydroxyl groups is 3. The normalized spacial score (nSPS) is 25.9. The molecule has 2 aliphatic heterocycles. The number of fused-ring (bicyclic) bond motifs is 2. The van der Waals surface area contributed by atoms with Gasteiger partial charge >= 0.3 is 0 Å². The average molecular weight is 477 g/mol. The number of anilines is 1. The van der Waals surface area contributed by atoms with Gasteiger partial charge in [-0.05, 0) is 36.1 Å². The molecule has 13 heteroatoms. The predicted octanol–water partition coefficient (Wildman–Crippen LogP) is -1.31. The lowest BCUT2D eigenvalue weighted by Gasteiger charge is -2.21. The largest absolute Gasteiger partial charge is 0.394 e. The highest BCUT2D eigenvalue weighted by Crippen LogP contribution is 2.33. The number of nitrogens with two attached hydrogens (primary N) is 1. The van der Waals surface area contributed by atoms with Crippen molar-refractivity contribution >= 4 is 27.0 Å². The highest BCUT2D eigenvalue weighted by Gasteiger charge is 2.44. The SMILES string of the molecule is NS(=O)(=O)c1ccc2c(c1)CCN(c1ncnc3c1ncn3[C@@H]1O[C@H](CO)[C@@H](O)[C@H]1O)CC2. The van der Waals surface area contributed by atoms with Crippen molar-refractivity contribution in [3.8, 4) is 0 Å². The van der Waals surface area contributed by atoms with Gasteiger partial charge in [0.05, 0.1) is 17.8 Å². The molecule has 1 aromatic carbocycles. The molecule has 0 bridgehead atoms. The van der Waals surface area contributed by atoms with Crippen molar-refractivity contribution in [3.05, 3.63) is 42.0 Å². The molecule has 12 nitrogen and oxygen atoms in total. The van der Waals surface area contributed by atoms with Crippen molar-refractivity contribution in [3.63, 3.8) is 0 Å². The smallest absolute Gasteiger partial charge is 0.238 e. The van der Waals surface area contributed by atoms with Gasteiger partial charge in [-0.3, -0.25) is 4.57 Å². The average Bonchev–Trinajstić information content (AvgIpc) is 3.26. The summed E-state index contributed by atoms with van der Waals surface area (Å²) in [5.74, 6) is 0.602. The van der Waals surface area contributed by atoms with E-state index in [0.29, 0.717) is 42.9 Å². The van der Waals surface area contributed by atoms with Crippen LogP contribution in [-0.4, -0.2) is 81.3 Å². The summed E-state index contributed by atoms with van der Waals surface area (Å²) in [7, 11) is -3.78. The van der Waals surface area contributed by atoms with Gasteiger partial charge in [0.2, 0.25) is 10.0 Å². The van der Waals surface area contributed by atoms with Gasteiger partial charge in [-0.25, -0.2) is 28.5 Å². The summed E-state index contributed by atoms with van der Waals surface area (Å²) < 4.78 is 30.6. The maximum absolute atomic E-state index is 11.7. The van der Waals surface area contributed by atoms with E-state index in [9.17, 15) is 23.7 Å². The Balaban J connectivity index is 1.44. The van der Waals surface area contributed by atoms with Gasteiger partial charge in [-0.2, -0.15) is 0 Å². The van der Waals surface area contributed by atoms with E-state index in [4.69, 9.17) is 9.88 Å². The summed E-state index contributed by atoms with van der Waals surface area (Å²) in [6.07, 6.45) is -0.197. The number of hydrogen-bond acceptors (Lipinski definition) is 10. The Hall–Kier alpha value is -2.68. The number of imidazole rings is 1. The van der Waals surface area contributed by atoms with Crippen molar-refractivity contribution in [2.75, 3.05) is 24.6 Å². The summed E-state index contributed by atoms with van der Waals surface area (Å²) in [5, 5.41) is 35.1. The summed E-state index contributed by atoms with van der Waals surface area (Å²) in [4.78, 5) is 15.3. The minimum absolute atomic E-state index is 0.0939. The molecule has 0 amide bonds. The van der Waals surface area contributed by atoms with Gasteiger partial charge in [0, 0.05) is 13.1 Å². The van der Waals surface area contributed by atoms with E-state index in [1.54, 1.807) is 12.1 Å². The fourth-order valence-corrected chi connectivity index (χ4v) is 5.02. The lowest BCUT2D eigenvalue weighted by Crippen LogP contribution is -2.33. The van der Waals surface area contributed by atoms with Crippen molar-refractivity contribution in [1.82, 2.24) is 19.5 Å². The summed E-state index contributed by atoms with van der Waals surface area (Å²) in [6, 6.07) is 4.94. The number of benzene rings is 1. The van der Waals surface area contributed by atoms with Crippen LogP contribution in [0.15, 0.2) is 35.7 Å². The molecule has 0 aliphatic carbocycles. The molecule has 1 fully saturated rings. The number of primary sulfonamides is 1. The minimum atomic E-state index is -3.78. The molecule has 0 saturated carbocycles. The van der Waals surface area contributed by atoms with E-state index >= 15 is 0 Å². The molecular weight excluding hydrogens is 452 g/mol. The highest BCUT2D eigenvalue weighted by molar-refractivity contribution is 7.89. The number of rotatable bonds is 4. The monoisotopic (exact) mass is 476 g/mol. The Labute approximate surface area is 189 Å². The zero-order valence-electron chi connectivity index (χ0n) is 17.5. The number of nitrogens with zero attached hydrogens (tertiary/aromatic N) is 5. The van der Waals surface area contributed by atoms with Gasteiger partial charge < -0.3 is 25.0 Å². The maximum atomic E-state index is 11.7. The zero-order valence-corrected chi connectivity index (χ0v) is 18.3. The van der Waals surface area contributed by atoms with Crippen LogP contribution in [0.1, 0.15) is 17.4 Å². The topological polar surface area (TPSA) is 177 Å². The Morgan fingerprint density at radius 3 is 2.55 bits per heavy atom. The van der Waals surface area contributed by atoms with Crippen LogP contribution < -0.4 is 10.0 Å². The van der Waals surface area contributed by atoms with E-state index in [-0.39, 0.29) is 4.90 Å². The molecule has 176 valence electrons. The Morgan fingerprint density at radius 2 is 1.85 bits per heavy atom. The lowest BCUT2D eigenvalue weighted by molar-refractivity contribution is -0.0511. The fraction of sp³-hybridized carbons (Fsp3) is 0.450. The second kappa shape index (κ2) is 8.27. The maximum Gasteiger partial charge on any atom is 0.238 e. The van der Waals surface area contributed by atoms with Crippen LogP contribution >= 0.6 is 0 Å². The van der Waals surface area contributed by atoms with Crippen molar-refractivity contribution < 1.29 is 28.5 Å². The molecular formula is C20H24N6O6S. The highest BCUT2D eigenvalue weighted by atomic mass is 32.2. The first-order chi connectivity index (χ1) is 15.8. The summed E-state index contributed by atoms with van der Waals surface area (Å²) in [6.45, 7) is 0.783. The molecule has 2 aromatic heterocycles. The van der Waals surface area contributed by atoms with Gasteiger partial charge in [-0.1, -0.05) is 6.07 Å². The molecule has 4 atom stereocenters. The Bertz CT molecular complexity index is 1300. The van der Waals surface area contributed by atoms with E-state index in [1.165, 1.54) is 23.3 Å². The first-order valence-corrected chi connectivity index (χ1v) is 12.0. The Kier molecular flexibility index (Phi) is 5.55. The summed E-state index contributed by atoms with van der Waals surface area (Å²) >= 11 is 0. The predicted molar refractivity (Wildman–Crippen MR) is 116 cm³/mol. The molecule has 5 N–H and O–H groups in total. The quantitative estimate of drug-likeness (QED) is 0.353. The third-order valence-electron chi connectivity index (χ3n) is 6.24. The van der Waals surface area contributed by atoms with E-state index in [1.807, 2.05) is 0 Å². The first-order valence-electron chi connectivity index (χ1n) is 10.5. The molecule has 5 rings (SSSR count). The molecule has 1 saturated heterocycles. The standard InChI is InChI=1S/C20H24N6O6S/c21-33(30,31)13-2-1-11-3-5-25(6-4-12(11)7-13)18-15-19(23-9-22-18)26(10-24-15)20-17(29)16(28)14(8-27)32-20/h1-2,7,9-10,14,16-17,20,27-29H,3-6,8H2,(H2,21,30,31)/t14-,16-,17-,20-/m1/s1. The first kappa shape index (κ1) is 22.1. The number of sulfonamides is 1. The Morgan fingerprint density at radius 1 is 1.09 bits per heavy atom.